The van der Waals surface area contributed by atoms with Gasteiger partial charge in [0.15, 0.2) is 6.10 Å². The van der Waals surface area contributed by atoms with Crippen molar-refractivity contribution in [3.8, 4) is 0 Å². The first kappa shape index (κ1) is 27.2. The molecular weight excluding hydrogens is 476 g/mol. The number of fused-ring (bicyclic) bond motifs is 5. The van der Waals surface area contributed by atoms with Crippen molar-refractivity contribution in [3.05, 3.63) is 12.7 Å². The lowest BCUT2D eigenvalue weighted by atomic mass is 9.44. The van der Waals surface area contributed by atoms with Gasteiger partial charge in [0.1, 0.15) is 6.04 Å². The fourth-order valence-corrected chi connectivity index (χ4v) is 11.3. The molecule has 0 spiro atoms. The Labute approximate surface area is 230 Å². The predicted molar refractivity (Wildman–Crippen MR) is 148 cm³/mol. The summed E-state index contributed by atoms with van der Waals surface area (Å²) < 4.78 is 13.0. The number of likely N-dealkylation sites (tertiary alicyclic amines) is 1. The van der Waals surface area contributed by atoms with E-state index in [0.29, 0.717) is 35.8 Å². The molecule has 0 aromatic heterocycles. The maximum atomic E-state index is 12.5. The molecule has 6 aliphatic rings. The molecule has 0 aromatic rings. The summed E-state index contributed by atoms with van der Waals surface area (Å²) in [5, 5.41) is 11.5. The Morgan fingerprint density at radius 1 is 1.11 bits per heavy atom. The molecule has 2 heterocycles. The quantitative estimate of drug-likeness (QED) is 0.325. The Bertz CT molecular complexity index is 898. The topological polar surface area (TPSA) is 59.0 Å². The van der Waals surface area contributed by atoms with Crippen LogP contribution in [0.5, 0.6) is 0 Å². The minimum Gasteiger partial charge on any atom is -0.456 e. The predicted octanol–water partition coefficient (Wildman–Crippen LogP) is 4.41. The third kappa shape index (κ3) is 4.23. The van der Waals surface area contributed by atoms with E-state index >= 15 is 0 Å². The molecule has 6 heteroatoms. The lowest BCUT2D eigenvalue weighted by molar-refractivity contribution is -0.937. The zero-order chi connectivity index (χ0) is 26.7. The Morgan fingerprint density at radius 2 is 1.84 bits per heavy atom. The molecule has 0 bridgehead atoms. The van der Waals surface area contributed by atoms with E-state index in [9.17, 15) is 9.90 Å². The van der Waals surface area contributed by atoms with Gasteiger partial charge < -0.3 is 19.1 Å². The largest absolute Gasteiger partial charge is 0.456 e. The van der Waals surface area contributed by atoms with Crippen molar-refractivity contribution < 1.29 is 23.9 Å². The SMILES string of the molecule is C=CC[N+]1([C@H]2C[C@H]3[C@@H]4CC[C@H]5C[C@@H](N6CCOCC6)[C@H](O)C[C@]5(C)[C@H]4CC[C@]3(C)[C@H]2OC(C)=O)CCCC1. The highest BCUT2D eigenvalue weighted by atomic mass is 16.5. The van der Waals surface area contributed by atoms with Crippen LogP contribution in [0, 0.1) is 34.5 Å². The van der Waals surface area contributed by atoms with Crippen LogP contribution in [0.3, 0.4) is 0 Å². The Balaban J connectivity index is 1.27. The van der Waals surface area contributed by atoms with Gasteiger partial charge in [0.05, 0.1) is 39.0 Å². The molecule has 6 nitrogen and oxygen atoms in total. The van der Waals surface area contributed by atoms with Crippen LogP contribution in [0.15, 0.2) is 12.7 Å². The molecule has 214 valence electrons. The number of carbonyl (C=O) groups is 1. The van der Waals surface area contributed by atoms with E-state index in [-0.39, 0.29) is 29.0 Å². The molecule has 0 unspecified atom stereocenters. The number of rotatable bonds is 5. The number of quaternary nitrogens is 1. The maximum absolute atomic E-state index is 12.5. The third-order valence-corrected chi connectivity index (χ3v) is 13.1. The molecule has 4 saturated carbocycles. The Kier molecular flexibility index (Phi) is 7.27. The second kappa shape index (κ2) is 10.2. The second-order valence-corrected chi connectivity index (χ2v) is 14.6. The first-order valence-electron chi connectivity index (χ1n) is 15.9. The van der Waals surface area contributed by atoms with E-state index in [1.54, 1.807) is 6.92 Å². The number of aliphatic hydroxyl groups excluding tert-OH is 1. The normalized spacial score (nSPS) is 48.5. The summed E-state index contributed by atoms with van der Waals surface area (Å²) in [7, 11) is 0. The summed E-state index contributed by atoms with van der Waals surface area (Å²) in [6.45, 7) is 17.7. The molecule has 0 amide bonds. The molecule has 1 N–H and O–H groups in total. The molecule has 0 aromatic carbocycles. The summed E-state index contributed by atoms with van der Waals surface area (Å²) in [6.07, 6.45) is 12.6. The molecule has 10 atom stereocenters. The highest BCUT2D eigenvalue weighted by Crippen LogP contribution is 2.67. The highest BCUT2D eigenvalue weighted by Gasteiger charge is 2.67. The fraction of sp³-hybridized carbons (Fsp3) is 0.906. The molecule has 6 fully saturated rings. The van der Waals surface area contributed by atoms with E-state index in [1.165, 1.54) is 51.6 Å². The molecule has 0 radical (unpaired) electrons. The molecular formula is C32H53N2O4+. The minimum atomic E-state index is -0.238. The second-order valence-electron chi connectivity index (χ2n) is 14.6. The lowest BCUT2D eigenvalue weighted by Crippen LogP contribution is -2.61. The highest BCUT2D eigenvalue weighted by molar-refractivity contribution is 5.66. The van der Waals surface area contributed by atoms with Crippen LogP contribution >= 0.6 is 0 Å². The van der Waals surface area contributed by atoms with E-state index < -0.39 is 0 Å². The molecule has 2 saturated heterocycles. The summed E-state index contributed by atoms with van der Waals surface area (Å²) >= 11 is 0. The standard InChI is InChI=1S/C32H53N2O4/c1-5-14-34(15-6-7-16-34)28-20-26-24-9-8-23-19-27(33-12-17-37-18-13-33)29(36)21-32(23,4)25(24)10-11-31(26,3)30(28)38-22(2)35/h5,23-30,36H,1,6-21H2,2-4H3/q+1/t23-,24+,25-,26-,27+,28-,29+,30-,31-,32-/m0/s1. The van der Waals surface area contributed by atoms with Crippen LogP contribution in [0.25, 0.3) is 0 Å². The van der Waals surface area contributed by atoms with E-state index in [2.05, 4.69) is 31.4 Å². The lowest BCUT2D eigenvalue weighted by Gasteiger charge is -2.62. The minimum absolute atomic E-state index is 0.0113. The smallest absolute Gasteiger partial charge is 0.303 e. The fourth-order valence-electron chi connectivity index (χ4n) is 11.3. The van der Waals surface area contributed by atoms with Crippen LogP contribution in [0.1, 0.15) is 78.6 Å². The summed E-state index contributed by atoms with van der Waals surface area (Å²) in [5.41, 5.74) is 0.266. The van der Waals surface area contributed by atoms with Gasteiger partial charge in [-0.1, -0.05) is 20.4 Å². The summed E-state index contributed by atoms with van der Waals surface area (Å²) in [6, 6.07) is 0.686. The van der Waals surface area contributed by atoms with Crippen molar-refractivity contribution in [2.45, 2.75) is 103 Å². The zero-order valence-corrected chi connectivity index (χ0v) is 24.3. The van der Waals surface area contributed by atoms with Crippen molar-refractivity contribution in [1.82, 2.24) is 4.90 Å². The number of nitrogens with zero attached hydrogens (tertiary/aromatic N) is 2. The van der Waals surface area contributed by atoms with Crippen LogP contribution in [0.2, 0.25) is 0 Å². The average Bonchev–Trinajstić information content (AvgIpc) is 3.47. The number of esters is 1. The van der Waals surface area contributed by atoms with Crippen LogP contribution < -0.4 is 0 Å². The Morgan fingerprint density at radius 3 is 2.53 bits per heavy atom. The maximum Gasteiger partial charge on any atom is 0.303 e. The van der Waals surface area contributed by atoms with Gasteiger partial charge in [-0.15, -0.1) is 0 Å². The van der Waals surface area contributed by atoms with E-state index in [4.69, 9.17) is 9.47 Å². The average molecular weight is 530 g/mol. The van der Waals surface area contributed by atoms with E-state index in [1.807, 2.05) is 0 Å². The summed E-state index contributed by atoms with van der Waals surface area (Å²) in [4.78, 5) is 15.0. The third-order valence-electron chi connectivity index (χ3n) is 13.1. The van der Waals surface area contributed by atoms with Gasteiger partial charge in [0.2, 0.25) is 0 Å². The number of hydrogen-bond donors (Lipinski definition) is 1. The number of ether oxygens (including phenoxy) is 2. The Hall–Kier alpha value is -0.950. The zero-order valence-electron chi connectivity index (χ0n) is 24.3. The van der Waals surface area contributed by atoms with Crippen LogP contribution in [-0.2, 0) is 14.3 Å². The van der Waals surface area contributed by atoms with Gasteiger partial charge in [-0.2, -0.15) is 0 Å². The number of hydrogen-bond acceptors (Lipinski definition) is 5. The molecule has 6 rings (SSSR count). The van der Waals surface area contributed by atoms with Gasteiger partial charge in [0, 0.05) is 50.7 Å². The van der Waals surface area contributed by atoms with Crippen molar-refractivity contribution in [2.24, 2.45) is 34.5 Å². The van der Waals surface area contributed by atoms with Crippen molar-refractivity contribution in [3.63, 3.8) is 0 Å². The van der Waals surface area contributed by atoms with Crippen molar-refractivity contribution in [2.75, 3.05) is 45.9 Å². The van der Waals surface area contributed by atoms with Crippen molar-refractivity contribution in [1.29, 1.82) is 0 Å². The van der Waals surface area contributed by atoms with Gasteiger partial charge in [-0.25, -0.2) is 0 Å². The first-order valence-corrected chi connectivity index (χ1v) is 15.9. The monoisotopic (exact) mass is 529 g/mol. The van der Waals surface area contributed by atoms with Gasteiger partial charge in [-0.3, -0.25) is 9.69 Å². The molecule has 38 heavy (non-hydrogen) atoms. The molecule has 4 aliphatic carbocycles. The molecule has 2 aliphatic heterocycles. The summed E-state index contributed by atoms with van der Waals surface area (Å²) in [5.74, 6) is 2.53. The van der Waals surface area contributed by atoms with Crippen molar-refractivity contribution >= 4 is 5.97 Å². The van der Waals surface area contributed by atoms with Gasteiger partial charge in [0.25, 0.3) is 0 Å². The van der Waals surface area contributed by atoms with Gasteiger partial charge >= 0.3 is 5.97 Å². The number of aliphatic hydroxyl groups is 1. The van der Waals surface area contributed by atoms with Crippen LogP contribution in [0.4, 0.5) is 0 Å². The number of morpholine rings is 1. The first-order chi connectivity index (χ1) is 18.2. The number of carbonyl (C=O) groups excluding carboxylic acids is 1. The van der Waals surface area contributed by atoms with E-state index in [0.717, 1.165) is 56.6 Å². The van der Waals surface area contributed by atoms with Gasteiger partial charge in [-0.05, 0) is 73.7 Å². The van der Waals surface area contributed by atoms with Crippen LogP contribution in [-0.4, -0.2) is 90.7 Å².